The average molecular weight is 261 g/mol. The number of hydrogen-bond donors (Lipinski definition) is 0. The van der Waals surface area contributed by atoms with Gasteiger partial charge in [-0.05, 0) is 30.3 Å². The number of benzene rings is 1. The highest BCUT2D eigenvalue weighted by Crippen LogP contribution is 2.20. The number of nitrogens with zero attached hydrogens (tertiary/aromatic N) is 3. The Morgan fingerprint density at radius 2 is 1.85 bits per heavy atom. The van der Waals surface area contributed by atoms with Gasteiger partial charge in [0.15, 0.2) is 0 Å². The van der Waals surface area contributed by atoms with E-state index >= 15 is 0 Å². The third-order valence-electron chi connectivity index (χ3n) is 3.47. The number of fused-ring (bicyclic) bond motifs is 1. The van der Waals surface area contributed by atoms with Crippen molar-refractivity contribution in [1.82, 2.24) is 4.40 Å². The third-order valence-corrected chi connectivity index (χ3v) is 3.47. The smallest absolute Gasteiger partial charge is 0.101 e. The largest absolute Gasteiger partial charge is 0.369 e. The quantitative estimate of drug-likeness (QED) is 0.723. The second-order valence-corrected chi connectivity index (χ2v) is 4.81. The van der Waals surface area contributed by atoms with Gasteiger partial charge in [-0.1, -0.05) is 24.3 Å². The average Bonchev–Trinajstić information content (AvgIpc) is 2.86. The fraction of sp³-hybridized carbons (Fsp3) is 0.118. The van der Waals surface area contributed by atoms with Crippen LogP contribution in [-0.4, -0.2) is 11.4 Å². The van der Waals surface area contributed by atoms with Crippen LogP contribution in [-0.2, 0) is 6.54 Å². The number of anilines is 1. The molecule has 3 nitrogen and oxygen atoms in total. The Kier molecular flexibility index (Phi) is 3.14. The number of hydrogen-bond acceptors (Lipinski definition) is 2. The molecule has 0 N–H and O–H groups in total. The molecule has 2 heterocycles. The van der Waals surface area contributed by atoms with Crippen LogP contribution < -0.4 is 4.90 Å². The van der Waals surface area contributed by atoms with E-state index in [0.717, 1.165) is 29.0 Å². The van der Waals surface area contributed by atoms with E-state index in [1.807, 2.05) is 48.7 Å². The fourth-order valence-electron chi connectivity index (χ4n) is 2.45. The summed E-state index contributed by atoms with van der Waals surface area (Å²) in [6.45, 7) is 0.761. The molecule has 98 valence electrons. The van der Waals surface area contributed by atoms with E-state index in [4.69, 9.17) is 0 Å². The highest BCUT2D eigenvalue weighted by molar-refractivity contribution is 5.63. The van der Waals surface area contributed by atoms with Gasteiger partial charge in [-0.2, -0.15) is 5.26 Å². The van der Waals surface area contributed by atoms with E-state index in [-0.39, 0.29) is 0 Å². The minimum Gasteiger partial charge on any atom is -0.369 e. The molecular weight excluding hydrogens is 246 g/mol. The molecule has 0 aliphatic rings. The SMILES string of the molecule is CN(Cc1cc(C#N)c2ccccn12)c1ccccc1. The number of nitriles is 1. The molecule has 0 amide bonds. The summed E-state index contributed by atoms with van der Waals surface area (Å²) < 4.78 is 2.08. The van der Waals surface area contributed by atoms with Gasteiger partial charge in [-0.3, -0.25) is 0 Å². The maximum Gasteiger partial charge on any atom is 0.101 e. The molecule has 2 aromatic heterocycles. The number of pyridine rings is 1. The van der Waals surface area contributed by atoms with E-state index in [1.165, 1.54) is 0 Å². The van der Waals surface area contributed by atoms with Gasteiger partial charge in [-0.25, -0.2) is 0 Å². The molecule has 3 aromatic rings. The number of rotatable bonds is 3. The lowest BCUT2D eigenvalue weighted by atomic mass is 10.2. The molecule has 20 heavy (non-hydrogen) atoms. The van der Waals surface area contributed by atoms with Crippen molar-refractivity contribution < 1.29 is 0 Å². The lowest BCUT2D eigenvalue weighted by Gasteiger charge is -2.19. The first-order valence-electron chi connectivity index (χ1n) is 6.55. The first-order valence-corrected chi connectivity index (χ1v) is 6.55. The highest BCUT2D eigenvalue weighted by Gasteiger charge is 2.10. The fourth-order valence-corrected chi connectivity index (χ4v) is 2.45. The minimum absolute atomic E-state index is 0.724. The minimum atomic E-state index is 0.724. The number of aromatic nitrogens is 1. The van der Waals surface area contributed by atoms with Gasteiger partial charge in [0.1, 0.15) is 6.07 Å². The molecule has 0 bridgehead atoms. The normalized spacial score (nSPS) is 10.4. The van der Waals surface area contributed by atoms with Crippen LogP contribution in [0.5, 0.6) is 0 Å². The van der Waals surface area contributed by atoms with Gasteiger partial charge in [0, 0.05) is 24.6 Å². The Bertz CT molecular complexity index is 766. The van der Waals surface area contributed by atoms with E-state index in [2.05, 4.69) is 34.6 Å². The summed E-state index contributed by atoms with van der Waals surface area (Å²) in [6, 6.07) is 20.4. The predicted octanol–water partition coefficient (Wildman–Crippen LogP) is 3.45. The van der Waals surface area contributed by atoms with E-state index in [1.54, 1.807) is 0 Å². The van der Waals surface area contributed by atoms with Crippen LogP contribution >= 0.6 is 0 Å². The van der Waals surface area contributed by atoms with E-state index in [9.17, 15) is 5.26 Å². The van der Waals surface area contributed by atoms with Gasteiger partial charge in [0.2, 0.25) is 0 Å². The molecule has 1 aromatic carbocycles. The molecule has 0 spiro atoms. The lowest BCUT2D eigenvalue weighted by molar-refractivity contribution is 0.871. The predicted molar refractivity (Wildman–Crippen MR) is 80.7 cm³/mol. The molecule has 0 fully saturated rings. The van der Waals surface area contributed by atoms with Crippen molar-refractivity contribution in [2.24, 2.45) is 0 Å². The molecule has 3 rings (SSSR count). The van der Waals surface area contributed by atoms with E-state index < -0.39 is 0 Å². The van der Waals surface area contributed by atoms with Gasteiger partial charge in [0.05, 0.1) is 17.6 Å². The Labute approximate surface area is 118 Å². The van der Waals surface area contributed by atoms with Crippen LogP contribution in [0.4, 0.5) is 5.69 Å². The molecule has 0 saturated heterocycles. The lowest BCUT2D eigenvalue weighted by Crippen LogP contribution is -2.17. The van der Waals surface area contributed by atoms with Crippen molar-refractivity contribution in [2.45, 2.75) is 6.54 Å². The van der Waals surface area contributed by atoms with Crippen molar-refractivity contribution in [2.75, 3.05) is 11.9 Å². The molecule has 0 radical (unpaired) electrons. The molecule has 0 saturated carbocycles. The Morgan fingerprint density at radius 1 is 1.10 bits per heavy atom. The molecule has 0 unspecified atom stereocenters. The molecule has 0 aliphatic heterocycles. The Morgan fingerprint density at radius 3 is 2.60 bits per heavy atom. The van der Waals surface area contributed by atoms with Crippen molar-refractivity contribution in [1.29, 1.82) is 5.26 Å². The van der Waals surface area contributed by atoms with Crippen LogP contribution in [0.15, 0.2) is 60.8 Å². The summed E-state index contributed by atoms with van der Waals surface area (Å²) >= 11 is 0. The summed E-state index contributed by atoms with van der Waals surface area (Å²) in [6.07, 6.45) is 2.00. The van der Waals surface area contributed by atoms with Crippen molar-refractivity contribution in [3.05, 3.63) is 72.1 Å². The zero-order valence-corrected chi connectivity index (χ0v) is 11.3. The summed E-state index contributed by atoms with van der Waals surface area (Å²) in [5.74, 6) is 0. The van der Waals surface area contributed by atoms with Crippen LogP contribution in [0.1, 0.15) is 11.3 Å². The first kappa shape index (κ1) is 12.3. The summed E-state index contributed by atoms with van der Waals surface area (Å²) in [5, 5.41) is 9.22. The third kappa shape index (κ3) is 2.12. The molecule has 0 aliphatic carbocycles. The van der Waals surface area contributed by atoms with Crippen molar-refractivity contribution in [3.8, 4) is 6.07 Å². The topological polar surface area (TPSA) is 31.4 Å². The molecule has 3 heteroatoms. The van der Waals surface area contributed by atoms with Gasteiger partial charge >= 0.3 is 0 Å². The maximum atomic E-state index is 9.22. The standard InChI is InChI=1S/C17H15N3/c1-19(15-7-3-2-4-8-15)13-16-11-14(12-18)17-9-5-6-10-20(16)17/h2-11H,13H2,1H3. The van der Waals surface area contributed by atoms with Crippen molar-refractivity contribution >= 4 is 11.2 Å². The van der Waals surface area contributed by atoms with Gasteiger partial charge < -0.3 is 9.30 Å². The zero-order valence-electron chi connectivity index (χ0n) is 11.3. The van der Waals surface area contributed by atoms with Crippen molar-refractivity contribution in [3.63, 3.8) is 0 Å². The van der Waals surface area contributed by atoms with Gasteiger partial charge in [0.25, 0.3) is 0 Å². The molecule has 0 atom stereocenters. The van der Waals surface area contributed by atoms with E-state index in [0.29, 0.717) is 0 Å². The zero-order chi connectivity index (χ0) is 13.9. The molecular formula is C17H15N3. The highest BCUT2D eigenvalue weighted by atomic mass is 15.1. The maximum absolute atomic E-state index is 9.22. The first-order chi connectivity index (χ1) is 9.79. The summed E-state index contributed by atoms with van der Waals surface area (Å²) in [4.78, 5) is 2.18. The van der Waals surface area contributed by atoms with Crippen LogP contribution in [0.2, 0.25) is 0 Å². The van der Waals surface area contributed by atoms with Crippen LogP contribution in [0.25, 0.3) is 5.52 Å². The monoisotopic (exact) mass is 261 g/mol. The second-order valence-electron chi connectivity index (χ2n) is 4.81. The van der Waals surface area contributed by atoms with Gasteiger partial charge in [-0.15, -0.1) is 0 Å². The summed E-state index contributed by atoms with van der Waals surface area (Å²) in [7, 11) is 2.06. The second kappa shape index (κ2) is 5.10. The Hall–Kier alpha value is -2.73. The number of para-hydroxylation sites is 1. The van der Waals surface area contributed by atoms with Crippen LogP contribution in [0.3, 0.4) is 0 Å². The van der Waals surface area contributed by atoms with Crippen LogP contribution in [0, 0.1) is 11.3 Å². The Balaban J connectivity index is 1.98. The summed E-state index contributed by atoms with van der Waals surface area (Å²) in [5.41, 5.74) is 3.97.